The SMILES string of the molecule is c1cc(-c2cccc(-c3cccc4c3oc3ccccc34)c2)cc(-c2cccc3c2[nH]c2ccccc23)c1. The Morgan fingerprint density at radius 1 is 0.421 bits per heavy atom. The number of nitrogens with one attached hydrogen (secondary N) is 1. The zero-order valence-electron chi connectivity index (χ0n) is 20.6. The van der Waals surface area contributed by atoms with Crippen molar-refractivity contribution in [2.75, 3.05) is 0 Å². The van der Waals surface area contributed by atoms with E-state index in [1.54, 1.807) is 0 Å². The summed E-state index contributed by atoms with van der Waals surface area (Å²) in [5.74, 6) is 0. The van der Waals surface area contributed by atoms with Crippen LogP contribution in [0.3, 0.4) is 0 Å². The van der Waals surface area contributed by atoms with Crippen molar-refractivity contribution in [1.82, 2.24) is 4.98 Å². The van der Waals surface area contributed by atoms with Gasteiger partial charge in [0.15, 0.2) is 0 Å². The fourth-order valence-corrected chi connectivity index (χ4v) is 5.82. The summed E-state index contributed by atoms with van der Waals surface area (Å²) >= 11 is 0. The monoisotopic (exact) mass is 485 g/mol. The Morgan fingerprint density at radius 3 is 1.82 bits per heavy atom. The van der Waals surface area contributed by atoms with Gasteiger partial charge < -0.3 is 9.40 Å². The number of fused-ring (bicyclic) bond motifs is 6. The minimum atomic E-state index is 0.921. The van der Waals surface area contributed by atoms with Gasteiger partial charge >= 0.3 is 0 Å². The highest BCUT2D eigenvalue weighted by Crippen LogP contribution is 2.38. The van der Waals surface area contributed by atoms with Crippen molar-refractivity contribution in [2.24, 2.45) is 0 Å². The Hall–Kier alpha value is -5.08. The van der Waals surface area contributed by atoms with E-state index in [1.807, 2.05) is 12.1 Å². The molecule has 2 heteroatoms. The fourth-order valence-electron chi connectivity index (χ4n) is 5.82. The molecule has 0 fully saturated rings. The Balaban J connectivity index is 1.25. The second-order valence-corrected chi connectivity index (χ2v) is 9.84. The molecule has 0 aliphatic rings. The molecule has 0 spiro atoms. The zero-order valence-corrected chi connectivity index (χ0v) is 20.6. The van der Waals surface area contributed by atoms with Crippen LogP contribution in [-0.4, -0.2) is 4.98 Å². The maximum absolute atomic E-state index is 6.32. The summed E-state index contributed by atoms with van der Waals surface area (Å²) in [7, 11) is 0. The molecule has 0 aliphatic carbocycles. The molecule has 0 amide bonds. The lowest BCUT2D eigenvalue weighted by molar-refractivity contribution is 0.670. The number of H-pyrrole nitrogens is 1. The predicted molar refractivity (Wildman–Crippen MR) is 159 cm³/mol. The number of hydrogen-bond donors (Lipinski definition) is 1. The molecule has 2 nitrogen and oxygen atoms in total. The predicted octanol–water partition coefficient (Wildman–Crippen LogP) is 10.2. The van der Waals surface area contributed by atoms with Crippen LogP contribution in [0.15, 0.2) is 138 Å². The van der Waals surface area contributed by atoms with Crippen molar-refractivity contribution in [2.45, 2.75) is 0 Å². The molecular formula is C36H23NO. The van der Waals surface area contributed by atoms with E-state index in [0.717, 1.165) is 33.1 Å². The van der Waals surface area contributed by atoms with Crippen LogP contribution in [0.4, 0.5) is 0 Å². The highest BCUT2D eigenvalue weighted by molar-refractivity contribution is 6.12. The topological polar surface area (TPSA) is 28.9 Å². The van der Waals surface area contributed by atoms with E-state index in [2.05, 4.69) is 126 Å². The number of furan rings is 1. The molecule has 2 aromatic heterocycles. The van der Waals surface area contributed by atoms with Crippen LogP contribution in [0, 0.1) is 0 Å². The molecule has 8 rings (SSSR count). The first-order valence-corrected chi connectivity index (χ1v) is 12.9. The summed E-state index contributed by atoms with van der Waals surface area (Å²) in [5, 5.41) is 4.81. The summed E-state index contributed by atoms with van der Waals surface area (Å²) < 4.78 is 6.32. The van der Waals surface area contributed by atoms with Gasteiger partial charge in [0.25, 0.3) is 0 Å². The third-order valence-electron chi connectivity index (χ3n) is 7.63. The number of rotatable bonds is 3. The van der Waals surface area contributed by atoms with Gasteiger partial charge in [0.2, 0.25) is 0 Å². The van der Waals surface area contributed by atoms with Gasteiger partial charge in [0, 0.05) is 38.2 Å². The second kappa shape index (κ2) is 8.22. The largest absolute Gasteiger partial charge is 0.455 e. The maximum Gasteiger partial charge on any atom is 0.143 e. The van der Waals surface area contributed by atoms with Crippen LogP contribution in [0.25, 0.3) is 77.1 Å². The number of aromatic nitrogens is 1. The number of aromatic amines is 1. The Bertz CT molecular complexity index is 1990. The standard InChI is InChI=1S/C36H23NO/c1-3-19-33-29(13-1)31-17-7-15-27(35(31)37-33)25-11-5-9-23(21-25)24-10-6-12-26(22-24)28-16-8-18-32-30-14-2-4-20-34(30)38-36(28)32/h1-22,37H. The summed E-state index contributed by atoms with van der Waals surface area (Å²) in [6, 6.07) is 47.3. The fraction of sp³-hybridized carbons (Fsp3) is 0. The maximum atomic E-state index is 6.32. The van der Waals surface area contributed by atoms with Crippen molar-refractivity contribution < 1.29 is 4.42 Å². The van der Waals surface area contributed by atoms with Gasteiger partial charge in [-0.15, -0.1) is 0 Å². The quantitative estimate of drug-likeness (QED) is 0.265. The third kappa shape index (κ3) is 3.21. The first-order chi connectivity index (χ1) is 18.8. The van der Waals surface area contributed by atoms with Crippen molar-refractivity contribution >= 4 is 43.7 Å². The molecule has 1 N–H and O–H groups in total. The number of hydrogen-bond acceptors (Lipinski definition) is 1. The number of para-hydroxylation sites is 4. The zero-order chi connectivity index (χ0) is 25.1. The van der Waals surface area contributed by atoms with Crippen LogP contribution in [-0.2, 0) is 0 Å². The van der Waals surface area contributed by atoms with Gasteiger partial charge in [-0.2, -0.15) is 0 Å². The minimum Gasteiger partial charge on any atom is -0.455 e. The smallest absolute Gasteiger partial charge is 0.143 e. The molecule has 8 aromatic rings. The molecule has 6 aromatic carbocycles. The van der Waals surface area contributed by atoms with Gasteiger partial charge in [0.05, 0.1) is 5.52 Å². The third-order valence-corrected chi connectivity index (χ3v) is 7.63. The molecule has 38 heavy (non-hydrogen) atoms. The summed E-state index contributed by atoms with van der Waals surface area (Å²) in [5.41, 5.74) is 11.2. The van der Waals surface area contributed by atoms with E-state index < -0.39 is 0 Å². The van der Waals surface area contributed by atoms with Crippen molar-refractivity contribution in [3.8, 4) is 33.4 Å². The first kappa shape index (κ1) is 21.0. The van der Waals surface area contributed by atoms with E-state index in [1.165, 1.54) is 44.1 Å². The molecule has 0 unspecified atom stereocenters. The van der Waals surface area contributed by atoms with Crippen molar-refractivity contribution in [3.63, 3.8) is 0 Å². The highest BCUT2D eigenvalue weighted by atomic mass is 16.3. The van der Waals surface area contributed by atoms with Gasteiger partial charge in [-0.25, -0.2) is 0 Å². The van der Waals surface area contributed by atoms with Gasteiger partial charge in [-0.05, 0) is 46.5 Å². The summed E-state index contributed by atoms with van der Waals surface area (Å²) in [6.45, 7) is 0. The van der Waals surface area contributed by atoms with E-state index in [4.69, 9.17) is 4.42 Å². The van der Waals surface area contributed by atoms with Crippen LogP contribution in [0.1, 0.15) is 0 Å². The normalized spacial score (nSPS) is 11.7. The Labute approximate surface area is 219 Å². The molecule has 0 saturated heterocycles. The molecule has 0 bridgehead atoms. The molecule has 2 heterocycles. The molecule has 178 valence electrons. The minimum absolute atomic E-state index is 0.921. The second-order valence-electron chi connectivity index (χ2n) is 9.84. The lowest BCUT2D eigenvalue weighted by Crippen LogP contribution is -1.85. The van der Waals surface area contributed by atoms with Gasteiger partial charge in [-0.1, -0.05) is 109 Å². The van der Waals surface area contributed by atoms with Crippen molar-refractivity contribution in [3.05, 3.63) is 133 Å². The molecular weight excluding hydrogens is 462 g/mol. The average Bonchev–Trinajstić information content (AvgIpc) is 3.56. The summed E-state index contributed by atoms with van der Waals surface area (Å²) in [6.07, 6.45) is 0. The molecule has 0 atom stereocenters. The van der Waals surface area contributed by atoms with Crippen LogP contribution in [0.2, 0.25) is 0 Å². The Morgan fingerprint density at radius 2 is 1.00 bits per heavy atom. The molecule has 0 radical (unpaired) electrons. The van der Waals surface area contributed by atoms with Gasteiger partial charge in [-0.3, -0.25) is 0 Å². The lowest BCUT2D eigenvalue weighted by Gasteiger charge is -2.10. The number of benzene rings is 6. The van der Waals surface area contributed by atoms with Crippen LogP contribution >= 0.6 is 0 Å². The van der Waals surface area contributed by atoms with Crippen LogP contribution < -0.4 is 0 Å². The van der Waals surface area contributed by atoms with E-state index >= 15 is 0 Å². The van der Waals surface area contributed by atoms with Crippen LogP contribution in [0.5, 0.6) is 0 Å². The lowest BCUT2D eigenvalue weighted by atomic mass is 9.95. The van der Waals surface area contributed by atoms with E-state index in [9.17, 15) is 0 Å². The molecule has 0 aliphatic heterocycles. The first-order valence-electron chi connectivity index (χ1n) is 12.9. The van der Waals surface area contributed by atoms with E-state index in [0.29, 0.717) is 0 Å². The Kier molecular flexibility index (Phi) is 4.55. The highest BCUT2D eigenvalue weighted by Gasteiger charge is 2.13. The summed E-state index contributed by atoms with van der Waals surface area (Å²) in [4.78, 5) is 3.65. The van der Waals surface area contributed by atoms with Gasteiger partial charge in [0.1, 0.15) is 11.2 Å². The van der Waals surface area contributed by atoms with Crippen molar-refractivity contribution in [1.29, 1.82) is 0 Å². The average molecular weight is 486 g/mol. The van der Waals surface area contributed by atoms with E-state index in [-0.39, 0.29) is 0 Å². The molecule has 0 saturated carbocycles.